The quantitative estimate of drug-likeness (QED) is 0.646. The Hall–Kier alpha value is -1.30. The van der Waals surface area contributed by atoms with E-state index in [1.165, 1.54) is 0 Å². The van der Waals surface area contributed by atoms with Crippen molar-refractivity contribution in [1.29, 1.82) is 0 Å². The molecular formula is C13H24N2O4. The summed E-state index contributed by atoms with van der Waals surface area (Å²) in [6.45, 7) is 4.03. The molecule has 6 nitrogen and oxygen atoms in total. The Morgan fingerprint density at radius 1 is 1.37 bits per heavy atom. The van der Waals surface area contributed by atoms with E-state index in [-0.39, 0.29) is 24.6 Å². The van der Waals surface area contributed by atoms with E-state index in [0.717, 1.165) is 19.3 Å². The molecule has 1 saturated carbocycles. The van der Waals surface area contributed by atoms with E-state index in [9.17, 15) is 9.59 Å². The molecule has 3 N–H and O–H groups in total. The summed E-state index contributed by atoms with van der Waals surface area (Å²) in [7, 11) is 0. The van der Waals surface area contributed by atoms with Crippen LogP contribution in [0.4, 0.5) is 4.79 Å². The molecule has 1 aliphatic carbocycles. The van der Waals surface area contributed by atoms with Crippen molar-refractivity contribution in [2.75, 3.05) is 13.2 Å². The van der Waals surface area contributed by atoms with Crippen LogP contribution in [0, 0.1) is 5.92 Å². The highest BCUT2D eigenvalue weighted by Crippen LogP contribution is 2.25. The number of nitrogens with zero attached hydrogens (tertiary/aromatic N) is 1. The number of carbonyl (C=O) groups is 2. The maximum Gasteiger partial charge on any atom is 0.326 e. The number of aliphatic carboxylic acids is 1. The highest BCUT2D eigenvalue weighted by Gasteiger charge is 2.31. The summed E-state index contributed by atoms with van der Waals surface area (Å²) < 4.78 is 0. The molecule has 0 aliphatic heterocycles. The van der Waals surface area contributed by atoms with Gasteiger partial charge in [0.15, 0.2) is 0 Å². The maximum absolute atomic E-state index is 12.2. The lowest BCUT2D eigenvalue weighted by molar-refractivity contribution is -0.140. The van der Waals surface area contributed by atoms with Crippen molar-refractivity contribution >= 4 is 12.0 Å². The zero-order valence-corrected chi connectivity index (χ0v) is 11.6. The smallest absolute Gasteiger partial charge is 0.326 e. The van der Waals surface area contributed by atoms with Crippen LogP contribution in [-0.4, -0.2) is 52.3 Å². The average Bonchev–Trinajstić information content (AvgIpc) is 2.27. The lowest BCUT2D eigenvalue weighted by Crippen LogP contribution is -2.54. The van der Waals surface area contributed by atoms with Gasteiger partial charge < -0.3 is 20.4 Å². The zero-order valence-electron chi connectivity index (χ0n) is 11.6. The van der Waals surface area contributed by atoms with Gasteiger partial charge in [-0.3, -0.25) is 0 Å². The summed E-state index contributed by atoms with van der Waals surface area (Å²) in [5, 5.41) is 20.5. The fourth-order valence-electron chi connectivity index (χ4n) is 2.12. The second-order valence-corrected chi connectivity index (χ2v) is 5.36. The van der Waals surface area contributed by atoms with E-state index in [1.54, 1.807) is 18.7 Å². The third-order valence-electron chi connectivity index (χ3n) is 3.55. The topological polar surface area (TPSA) is 89.9 Å². The van der Waals surface area contributed by atoms with Crippen molar-refractivity contribution < 1.29 is 19.8 Å². The summed E-state index contributed by atoms with van der Waals surface area (Å²) in [6, 6.07) is -1.02. The molecule has 0 spiro atoms. The molecule has 0 saturated heterocycles. The number of urea groups is 1. The Balaban J connectivity index is 2.61. The maximum atomic E-state index is 12.2. The number of hydrogen-bond donors (Lipinski definition) is 3. The summed E-state index contributed by atoms with van der Waals surface area (Å²) in [5.41, 5.74) is 0. The lowest BCUT2D eigenvalue weighted by Gasteiger charge is -2.38. The van der Waals surface area contributed by atoms with E-state index in [2.05, 4.69) is 5.32 Å². The van der Waals surface area contributed by atoms with Gasteiger partial charge in [-0.25, -0.2) is 9.59 Å². The predicted molar refractivity (Wildman–Crippen MR) is 70.8 cm³/mol. The van der Waals surface area contributed by atoms with Crippen molar-refractivity contribution in [1.82, 2.24) is 10.2 Å². The molecule has 1 fully saturated rings. The largest absolute Gasteiger partial charge is 0.480 e. The molecule has 0 bridgehead atoms. The van der Waals surface area contributed by atoms with Gasteiger partial charge in [0.05, 0.1) is 0 Å². The van der Waals surface area contributed by atoms with Crippen LogP contribution in [-0.2, 0) is 4.79 Å². The molecule has 1 unspecified atom stereocenters. The number of carboxylic acid groups (broad SMARTS) is 1. The van der Waals surface area contributed by atoms with Gasteiger partial charge in [0.25, 0.3) is 0 Å². The first-order valence-corrected chi connectivity index (χ1v) is 6.88. The Bertz CT molecular complexity index is 316. The summed E-state index contributed by atoms with van der Waals surface area (Å²) in [6.07, 6.45) is 3.53. The number of carboxylic acids is 1. The molecule has 6 heteroatoms. The molecule has 2 amide bonds. The first kappa shape index (κ1) is 15.8. The van der Waals surface area contributed by atoms with Crippen molar-refractivity contribution in [2.45, 2.75) is 51.6 Å². The van der Waals surface area contributed by atoms with Crippen LogP contribution >= 0.6 is 0 Å². The van der Waals surface area contributed by atoms with E-state index in [0.29, 0.717) is 13.0 Å². The molecular weight excluding hydrogens is 248 g/mol. The number of nitrogens with one attached hydrogen (secondary N) is 1. The summed E-state index contributed by atoms with van der Waals surface area (Å²) in [5.74, 6) is -1.18. The van der Waals surface area contributed by atoms with Gasteiger partial charge in [-0.1, -0.05) is 13.8 Å². The summed E-state index contributed by atoms with van der Waals surface area (Å²) in [4.78, 5) is 24.9. The standard InChI is InChI=1S/C13H24N2O4/c1-9(2)11(12(17)18)14-13(19)15(7-4-8-16)10-5-3-6-10/h9-11,16H,3-8H2,1-2H3,(H,14,19)(H,17,18). The van der Waals surface area contributed by atoms with Gasteiger partial charge in [-0.15, -0.1) is 0 Å². The van der Waals surface area contributed by atoms with Crippen LogP contribution in [0.2, 0.25) is 0 Å². The number of carbonyl (C=O) groups excluding carboxylic acids is 1. The number of aliphatic hydroxyl groups excluding tert-OH is 1. The second-order valence-electron chi connectivity index (χ2n) is 5.36. The van der Waals surface area contributed by atoms with E-state index in [1.807, 2.05) is 0 Å². The Kier molecular flexibility index (Phi) is 6.08. The van der Waals surface area contributed by atoms with Gasteiger partial charge in [0.2, 0.25) is 0 Å². The number of aliphatic hydroxyl groups is 1. The fraction of sp³-hybridized carbons (Fsp3) is 0.846. The molecule has 0 heterocycles. The molecule has 0 aromatic heterocycles. The molecule has 0 radical (unpaired) electrons. The monoisotopic (exact) mass is 272 g/mol. The normalized spacial score (nSPS) is 16.8. The van der Waals surface area contributed by atoms with Crippen molar-refractivity contribution in [3.05, 3.63) is 0 Å². The fourth-order valence-corrected chi connectivity index (χ4v) is 2.12. The lowest BCUT2D eigenvalue weighted by atomic mass is 9.91. The van der Waals surface area contributed by atoms with E-state index in [4.69, 9.17) is 10.2 Å². The van der Waals surface area contributed by atoms with Gasteiger partial charge in [0, 0.05) is 19.2 Å². The van der Waals surface area contributed by atoms with Crippen molar-refractivity contribution in [3.63, 3.8) is 0 Å². The van der Waals surface area contributed by atoms with Crippen LogP contribution in [0.5, 0.6) is 0 Å². The number of hydrogen-bond acceptors (Lipinski definition) is 3. The SMILES string of the molecule is CC(C)C(NC(=O)N(CCCO)C1CCC1)C(=O)O. The van der Waals surface area contributed by atoms with Crippen LogP contribution in [0.3, 0.4) is 0 Å². The van der Waals surface area contributed by atoms with Crippen LogP contribution in [0.25, 0.3) is 0 Å². The first-order valence-electron chi connectivity index (χ1n) is 6.88. The molecule has 1 rings (SSSR count). The Morgan fingerprint density at radius 2 is 2.00 bits per heavy atom. The average molecular weight is 272 g/mol. The number of amides is 2. The third kappa shape index (κ3) is 4.38. The predicted octanol–water partition coefficient (Wildman–Crippen LogP) is 1.04. The molecule has 1 aliphatic rings. The van der Waals surface area contributed by atoms with Crippen LogP contribution in [0.15, 0.2) is 0 Å². The highest BCUT2D eigenvalue weighted by molar-refractivity contribution is 5.83. The first-order chi connectivity index (χ1) is 8.97. The highest BCUT2D eigenvalue weighted by atomic mass is 16.4. The van der Waals surface area contributed by atoms with Gasteiger partial charge in [0.1, 0.15) is 6.04 Å². The molecule has 19 heavy (non-hydrogen) atoms. The second kappa shape index (κ2) is 7.33. The van der Waals surface area contributed by atoms with Crippen molar-refractivity contribution in [2.24, 2.45) is 5.92 Å². The minimum atomic E-state index is -1.01. The molecule has 0 aromatic carbocycles. The zero-order chi connectivity index (χ0) is 14.4. The molecule has 110 valence electrons. The van der Waals surface area contributed by atoms with Gasteiger partial charge in [-0.05, 0) is 31.6 Å². The molecule has 0 aromatic rings. The van der Waals surface area contributed by atoms with Crippen LogP contribution in [0.1, 0.15) is 39.5 Å². The van der Waals surface area contributed by atoms with E-state index >= 15 is 0 Å². The molecule has 1 atom stereocenters. The Morgan fingerprint density at radius 3 is 2.37 bits per heavy atom. The summed E-state index contributed by atoms with van der Waals surface area (Å²) >= 11 is 0. The Labute approximate surface area is 113 Å². The van der Waals surface area contributed by atoms with Crippen LogP contribution < -0.4 is 5.32 Å². The number of rotatable bonds is 7. The van der Waals surface area contributed by atoms with Crippen molar-refractivity contribution in [3.8, 4) is 0 Å². The van der Waals surface area contributed by atoms with E-state index < -0.39 is 12.0 Å². The van der Waals surface area contributed by atoms with Gasteiger partial charge in [-0.2, -0.15) is 0 Å². The third-order valence-corrected chi connectivity index (χ3v) is 3.55. The minimum absolute atomic E-state index is 0.0308. The van der Waals surface area contributed by atoms with Gasteiger partial charge >= 0.3 is 12.0 Å². The minimum Gasteiger partial charge on any atom is -0.480 e.